The zero-order chi connectivity index (χ0) is 24.0. The lowest BCUT2D eigenvalue weighted by Crippen LogP contribution is -2.42. The molecule has 3 aromatic carbocycles. The van der Waals surface area contributed by atoms with Gasteiger partial charge >= 0.3 is 0 Å². The lowest BCUT2D eigenvalue weighted by Gasteiger charge is -2.35. The predicted octanol–water partition coefficient (Wildman–Crippen LogP) is 6.29. The van der Waals surface area contributed by atoms with E-state index in [2.05, 4.69) is 17.0 Å². The molecule has 35 heavy (non-hydrogen) atoms. The molecule has 1 aromatic heterocycles. The predicted molar refractivity (Wildman–Crippen MR) is 139 cm³/mol. The number of nitrogens with zero attached hydrogens (tertiary/aromatic N) is 3. The number of hydrogen-bond donors (Lipinski definition) is 0. The summed E-state index contributed by atoms with van der Waals surface area (Å²) in [5.74, 6) is 1.75. The SMILES string of the molecule is Cc1ccccc1OCc1nc2ccccc2n1CC(=O)N(Cc1ccccc1)C1CCCCC1. The highest BCUT2D eigenvalue weighted by atomic mass is 16.5. The van der Waals surface area contributed by atoms with Gasteiger partial charge in [-0.1, -0.05) is 79.9 Å². The number of amides is 1. The van der Waals surface area contributed by atoms with E-state index in [4.69, 9.17) is 9.72 Å². The topological polar surface area (TPSA) is 47.4 Å². The van der Waals surface area contributed by atoms with Crippen LogP contribution in [0.25, 0.3) is 11.0 Å². The molecule has 180 valence electrons. The number of hydrogen-bond acceptors (Lipinski definition) is 3. The van der Waals surface area contributed by atoms with E-state index in [1.807, 2.05) is 78.2 Å². The number of benzene rings is 3. The minimum Gasteiger partial charge on any atom is -0.485 e. The highest BCUT2D eigenvalue weighted by Crippen LogP contribution is 2.26. The van der Waals surface area contributed by atoms with Crippen LogP contribution in [0, 0.1) is 6.92 Å². The fourth-order valence-electron chi connectivity index (χ4n) is 5.09. The van der Waals surface area contributed by atoms with Gasteiger partial charge in [-0.2, -0.15) is 0 Å². The summed E-state index contributed by atoms with van der Waals surface area (Å²) in [6.45, 7) is 3.25. The quantitative estimate of drug-likeness (QED) is 0.306. The molecule has 0 bridgehead atoms. The minimum atomic E-state index is 0.140. The summed E-state index contributed by atoms with van der Waals surface area (Å²) >= 11 is 0. The molecular weight excluding hydrogens is 434 g/mol. The summed E-state index contributed by atoms with van der Waals surface area (Å²) < 4.78 is 8.18. The van der Waals surface area contributed by atoms with Crippen LogP contribution in [0.4, 0.5) is 0 Å². The molecule has 1 fully saturated rings. The van der Waals surface area contributed by atoms with Crippen LogP contribution in [0.3, 0.4) is 0 Å². The summed E-state index contributed by atoms with van der Waals surface area (Å²) in [5, 5.41) is 0. The number of aromatic nitrogens is 2. The van der Waals surface area contributed by atoms with Crippen LogP contribution in [0.15, 0.2) is 78.9 Å². The normalized spacial score (nSPS) is 14.2. The van der Waals surface area contributed by atoms with Crippen LogP contribution in [0.2, 0.25) is 0 Å². The second-order valence-electron chi connectivity index (χ2n) is 9.46. The highest BCUT2D eigenvalue weighted by Gasteiger charge is 2.27. The van der Waals surface area contributed by atoms with Gasteiger partial charge in [-0.3, -0.25) is 4.79 Å². The molecule has 5 rings (SSSR count). The summed E-state index contributed by atoms with van der Waals surface area (Å²) in [6, 6.07) is 26.6. The molecule has 1 heterocycles. The third-order valence-corrected chi connectivity index (χ3v) is 7.01. The summed E-state index contributed by atoms with van der Waals surface area (Å²) in [4.78, 5) is 20.8. The van der Waals surface area contributed by atoms with E-state index in [1.165, 1.54) is 24.8 Å². The van der Waals surface area contributed by atoms with Crippen LogP contribution in [-0.4, -0.2) is 26.4 Å². The number of fused-ring (bicyclic) bond motifs is 1. The Kier molecular flexibility index (Phi) is 7.12. The smallest absolute Gasteiger partial charge is 0.243 e. The molecular formula is C30H33N3O2. The molecule has 0 N–H and O–H groups in total. The van der Waals surface area contributed by atoms with Gasteiger partial charge in [-0.25, -0.2) is 4.98 Å². The largest absolute Gasteiger partial charge is 0.485 e. The lowest BCUT2D eigenvalue weighted by molar-refractivity contribution is -0.135. The second-order valence-corrected chi connectivity index (χ2v) is 9.46. The lowest BCUT2D eigenvalue weighted by atomic mass is 9.93. The first-order chi connectivity index (χ1) is 17.2. The maximum atomic E-state index is 13.9. The van der Waals surface area contributed by atoms with Gasteiger partial charge in [-0.05, 0) is 49.1 Å². The Labute approximate surface area is 207 Å². The van der Waals surface area contributed by atoms with E-state index in [-0.39, 0.29) is 18.5 Å². The third kappa shape index (κ3) is 5.40. The highest BCUT2D eigenvalue weighted by molar-refractivity contribution is 5.81. The van der Waals surface area contributed by atoms with Gasteiger partial charge in [-0.15, -0.1) is 0 Å². The van der Waals surface area contributed by atoms with Crippen molar-refractivity contribution in [3.05, 3.63) is 95.8 Å². The first kappa shape index (κ1) is 23.2. The van der Waals surface area contributed by atoms with Crippen molar-refractivity contribution in [1.82, 2.24) is 14.5 Å². The molecule has 0 radical (unpaired) electrons. The molecule has 0 atom stereocenters. The molecule has 0 unspecified atom stereocenters. The van der Waals surface area contributed by atoms with Crippen molar-refractivity contribution in [2.24, 2.45) is 0 Å². The van der Waals surface area contributed by atoms with E-state index >= 15 is 0 Å². The zero-order valence-electron chi connectivity index (χ0n) is 20.4. The molecule has 0 spiro atoms. The van der Waals surface area contributed by atoms with E-state index in [0.29, 0.717) is 13.2 Å². The first-order valence-electron chi connectivity index (χ1n) is 12.6. The zero-order valence-corrected chi connectivity index (χ0v) is 20.4. The van der Waals surface area contributed by atoms with Crippen molar-refractivity contribution in [3.63, 3.8) is 0 Å². The average Bonchev–Trinajstić information content (AvgIpc) is 3.25. The maximum absolute atomic E-state index is 13.9. The summed E-state index contributed by atoms with van der Waals surface area (Å²) in [5.41, 5.74) is 4.10. The van der Waals surface area contributed by atoms with Gasteiger partial charge in [0, 0.05) is 12.6 Å². The van der Waals surface area contributed by atoms with Crippen LogP contribution >= 0.6 is 0 Å². The Balaban J connectivity index is 1.42. The number of para-hydroxylation sites is 3. The number of aryl methyl sites for hydroxylation is 1. The fraction of sp³-hybridized carbons (Fsp3) is 0.333. The Morgan fingerprint density at radius 2 is 1.66 bits per heavy atom. The monoisotopic (exact) mass is 467 g/mol. The average molecular weight is 468 g/mol. The Morgan fingerprint density at radius 1 is 0.943 bits per heavy atom. The minimum absolute atomic E-state index is 0.140. The number of rotatable bonds is 8. The van der Waals surface area contributed by atoms with E-state index in [0.717, 1.165) is 41.0 Å². The summed E-state index contributed by atoms with van der Waals surface area (Å²) in [7, 11) is 0. The maximum Gasteiger partial charge on any atom is 0.243 e. The van der Waals surface area contributed by atoms with Gasteiger partial charge in [0.15, 0.2) is 0 Å². The van der Waals surface area contributed by atoms with Crippen molar-refractivity contribution < 1.29 is 9.53 Å². The molecule has 4 aromatic rings. The van der Waals surface area contributed by atoms with Crippen molar-refractivity contribution >= 4 is 16.9 Å². The molecule has 1 saturated carbocycles. The van der Waals surface area contributed by atoms with Crippen molar-refractivity contribution in [3.8, 4) is 5.75 Å². The fourth-order valence-corrected chi connectivity index (χ4v) is 5.09. The standard InChI is InChI=1S/C30H33N3O2/c1-23-12-8-11-19-28(23)35-22-29-31-26-17-9-10-18-27(26)33(29)21-30(34)32(25-15-6-3-7-16-25)20-24-13-4-2-5-14-24/h2,4-5,8-14,17-19,25H,3,6-7,15-16,20-22H2,1H3. The molecule has 5 heteroatoms. The molecule has 0 saturated heterocycles. The molecule has 0 aliphatic heterocycles. The van der Waals surface area contributed by atoms with Gasteiger partial charge in [0.2, 0.25) is 5.91 Å². The molecule has 1 aliphatic rings. The number of imidazole rings is 1. The van der Waals surface area contributed by atoms with Gasteiger partial charge in [0.1, 0.15) is 24.7 Å². The Morgan fingerprint density at radius 3 is 2.46 bits per heavy atom. The van der Waals surface area contributed by atoms with Crippen LogP contribution < -0.4 is 4.74 Å². The third-order valence-electron chi connectivity index (χ3n) is 7.01. The molecule has 1 aliphatic carbocycles. The van der Waals surface area contributed by atoms with E-state index < -0.39 is 0 Å². The summed E-state index contributed by atoms with van der Waals surface area (Å²) in [6.07, 6.45) is 5.79. The Hall–Kier alpha value is -3.60. The van der Waals surface area contributed by atoms with E-state index in [1.54, 1.807) is 0 Å². The van der Waals surface area contributed by atoms with Gasteiger partial charge in [0.05, 0.1) is 11.0 Å². The number of carbonyl (C=O) groups is 1. The van der Waals surface area contributed by atoms with Crippen molar-refractivity contribution in [1.29, 1.82) is 0 Å². The number of ether oxygens (including phenoxy) is 1. The van der Waals surface area contributed by atoms with Crippen LogP contribution in [0.1, 0.15) is 49.1 Å². The Bertz CT molecular complexity index is 1280. The van der Waals surface area contributed by atoms with Crippen molar-refractivity contribution in [2.45, 2.75) is 64.8 Å². The van der Waals surface area contributed by atoms with E-state index in [9.17, 15) is 4.79 Å². The van der Waals surface area contributed by atoms with Crippen LogP contribution in [0.5, 0.6) is 5.75 Å². The van der Waals surface area contributed by atoms with Crippen molar-refractivity contribution in [2.75, 3.05) is 0 Å². The van der Waals surface area contributed by atoms with Gasteiger partial charge < -0.3 is 14.2 Å². The van der Waals surface area contributed by atoms with Crippen LogP contribution in [-0.2, 0) is 24.5 Å². The molecule has 1 amide bonds. The number of carbonyl (C=O) groups excluding carboxylic acids is 1. The molecule has 5 nitrogen and oxygen atoms in total. The second kappa shape index (κ2) is 10.8. The van der Waals surface area contributed by atoms with Gasteiger partial charge in [0.25, 0.3) is 0 Å². The first-order valence-corrected chi connectivity index (χ1v) is 12.6.